The summed E-state index contributed by atoms with van der Waals surface area (Å²) >= 11 is 6.44. The predicted octanol–water partition coefficient (Wildman–Crippen LogP) is 15.9. The first kappa shape index (κ1) is 38.5. The number of rotatable bonds is 4. The van der Waals surface area contributed by atoms with Crippen molar-refractivity contribution in [2.24, 2.45) is 0 Å². The molecule has 0 N–H and O–H groups in total. The van der Waals surface area contributed by atoms with Gasteiger partial charge in [-0.1, -0.05) is 152 Å². The number of thiol groups is 2. The van der Waals surface area contributed by atoms with Gasteiger partial charge in [-0.25, -0.2) is 0 Å². The number of hydrogen-bond donors (Lipinski definition) is 2. The molecule has 2 nitrogen and oxygen atoms in total. The molecule has 0 atom stereocenters. The van der Waals surface area contributed by atoms with Gasteiger partial charge in [0.25, 0.3) is 0 Å². The monoisotopic (exact) mass is 820 g/mol. The van der Waals surface area contributed by atoms with Crippen LogP contribution in [0.4, 0.5) is 0 Å². The molecular weight excluding hydrogens is 777 g/mol. The zero-order valence-electron chi connectivity index (χ0n) is 34.1. The maximum atomic E-state index is 3.22. The van der Waals surface area contributed by atoms with Crippen LogP contribution in [0.2, 0.25) is 0 Å². The smallest absolute Gasteiger partial charge is 0.0541 e. The summed E-state index contributed by atoms with van der Waals surface area (Å²) in [6.07, 6.45) is 0.908. The Balaban J connectivity index is 0.000000399. The first-order valence-electron chi connectivity index (χ1n) is 20.8. The maximum Gasteiger partial charge on any atom is 0.0541 e. The molecule has 0 radical (unpaired) electrons. The third kappa shape index (κ3) is 6.82. The first-order valence-corrected chi connectivity index (χ1v) is 22.4. The van der Waals surface area contributed by atoms with Crippen molar-refractivity contribution in [3.05, 3.63) is 229 Å². The van der Waals surface area contributed by atoms with E-state index in [9.17, 15) is 0 Å². The SMILES string of the molecule is Cc1ccccc1C.SS.c1ccc(-c2ccc3c(c2)c2ccccc2n3-c2ccc3c(c2)-c2cccc(-n4c5ccccc5c5cc(-c6ccccc6)ccc54)c2C3)cc1. The van der Waals surface area contributed by atoms with Gasteiger partial charge in [-0.3, -0.25) is 0 Å². The van der Waals surface area contributed by atoms with E-state index in [4.69, 9.17) is 0 Å². The lowest BCUT2D eigenvalue weighted by Crippen LogP contribution is -1.99. The lowest BCUT2D eigenvalue weighted by molar-refractivity contribution is 1.12. The number of benzene rings is 9. The summed E-state index contributed by atoms with van der Waals surface area (Å²) in [5.41, 5.74) is 20.5. The Kier molecular flexibility index (Phi) is 10.3. The van der Waals surface area contributed by atoms with Gasteiger partial charge in [0.05, 0.1) is 27.8 Å². The van der Waals surface area contributed by atoms with Crippen LogP contribution in [0.15, 0.2) is 206 Å². The van der Waals surface area contributed by atoms with Crippen LogP contribution in [0.5, 0.6) is 0 Å². The van der Waals surface area contributed by atoms with E-state index in [-0.39, 0.29) is 0 Å². The third-order valence-electron chi connectivity index (χ3n) is 12.4. The Morgan fingerprint density at radius 1 is 0.361 bits per heavy atom. The number of para-hydroxylation sites is 2. The Labute approximate surface area is 367 Å². The second kappa shape index (κ2) is 16.4. The van der Waals surface area contributed by atoms with Gasteiger partial charge in [-0.15, -0.1) is 23.3 Å². The minimum atomic E-state index is 0.908. The van der Waals surface area contributed by atoms with Gasteiger partial charge in [0.1, 0.15) is 0 Å². The van der Waals surface area contributed by atoms with E-state index >= 15 is 0 Å². The molecule has 0 saturated heterocycles. The Morgan fingerprint density at radius 2 is 0.852 bits per heavy atom. The van der Waals surface area contributed by atoms with Crippen LogP contribution in [0.3, 0.4) is 0 Å². The highest BCUT2D eigenvalue weighted by molar-refractivity contribution is 8.59. The lowest BCUT2D eigenvalue weighted by Gasteiger charge is -2.14. The Bertz CT molecular complexity index is 3360. The second-order valence-corrected chi connectivity index (χ2v) is 15.8. The molecule has 11 aromatic rings. The second-order valence-electron chi connectivity index (χ2n) is 15.8. The van der Waals surface area contributed by atoms with Crippen molar-refractivity contribution < 1.29 is 0 Å². The highest BCUT2D eigenvalue weighted by Crippen LogP contribution is 2.44. The quantitative estimate of drug-likeness (QED) is 0.129. The predicted molar refractivity (Wildman–Crippen MR) is 268 cm³/mol. The van der Waals surface area contributed by atoms with E-state index in [0.717, 1.165) is 6.42 Å². The van der Waals surface area contributed by atoms with Crippen LogP contribution in [-0.4, -0.2) is 9.13 Å². The van der Waals surface area contributed by atoms with Crippen molar-refractivity contribution in [3.8, 4) is 44.8 Å². The molecule has 9 aromatic carbocycles. The molecule has 0 unspecified atom stereocenters. The van der Waals surface area contributed by atoms with Crippen LogP contribution >= 0.6 is 23.3 Å². The molecule has 0 amide bonds. The van der Waals surface area contributed by atoms with Gasteiger partial charge >= 0.3 is 0 Å². The molecule has 294 valence electrons. The largest absolute Gasteiger partial charge is 0.309 e. The van der Waals surface area contributed by atoms with E-state index in [1.807, 2.05) is 0 Å². The molecule has 4 heteroatoms. The molecule has 12 rings (SSSR count). The van der Waals surface area contributed by atoms with Crippen LogP contribution in [-0.2, 0) is 6.42 Å². The zero-order valence-corrected chi connectivity index (χ0v) is 35.9. The fourth-order valence-electron chi connectivity index (χ4n) is 9.29. The van der Waals surface area contributed by atoms with Gasteiger partial charge in [0.15, 0.2) is 0 Å². The number of aromatic nitrogens is 2. The number of aryl methyl sites for hydroxylation is 2. The van der Waals surface area contributed by atoms with Crippen molar-refractivity contribution in [1.29, 1.82) is 0 Å². The van der Waals surface area contributed by atoms with Crippen molar-refractivity contribution in [3.63, 3.8) is 0 Å². The Morgan fingerprint density at radius 3 is 1.43 bits per heavy atom. The lowest BCUT2D eigenvalue weighted by atomic mass is 10.0. The summed E-state index contributed by atoms with van der Waals surface area (Å²) in [6.45, 7) is 4.24. The molecule has 0 spiro atoms. The van der Waals surface area contributed by atoms with Crippen LogP contribution in [0.1, 0.15) is 22.3 Å². The molecule has 1 aliphatic carbocycles. The average Bonchev–Trinajstić information content (AvgIpc) is 3.98. The normalized spacial score (nSPS) is 11.5. The van der Waals surface area contributed by atoms with Crippen LogP contribution < -0.4 is 0 Å². The third-order valence-corrected chi connectivity index (χ3v) is 12.4. The standard InChI is InChI=1S/C49H32N2.C8H10.H2S2/c1-3-12-32(13-4-1)34-23-26-48-43(28-34)39-16-7-9-19-45(39)50(48)37-25-22-36-30-42-38(41(36)31-37)18-11-21-47(42)51-46-20-10-8-17-40(46)44-29-35(24-27-49(44)51)33-14-5-2-6-15-33;1-7-5-3-4-6-8(7)2;1-2/h1-29,31H,30H2;3-6H,1-2H3;1-2H. The fourth-order valence-corrected chi connectivity index (χ4v) is 9.29. The van der Waals surface area contributed by atoms with Crippen molar-refractivity contribution in [2.75, 3.05) is 0 Å². The van der Waals surface area contributed by atoms with E-state index in [2.05, 4.69) is 253 Å². The van der Waals surface area contributed by atoms with Crippen molar-refractivity contribution in [1.82, 2.24) is 9.13 Å². The molecule has 0 fully saturated rings. The molecule has 0 saturated carbocycles. The zero-order chi connectivity index (χ0) is 41.5. The highest BCUT2D eigenvalue weighted by atomic mass is 33.1. The summed E-state index contributed by atoms with van der Waals surface area (Å²) in [5.74, 6) is 0. The highest BCUT2D eigenvalue weighted by Gasteiger charge is 2.25. The summed E-state index contributed by atoms with van der Waals surface area (Å²) in [7, 11) is 0. The van der Waals surface area contributed by atoms with Gasteiger partial charge < -0.3 is 9.13 Å². The first-order chi connectivity index (χ1) is 30.1. The summed E-state index contributed by atoms with van der Waals surface area (Å²) in [4.78, 5) is 0. The number of hydrogen-bond acceptors (Lipinski definition) is 2. The van der Waals surface area contributed by atoms with E-state index < -0.39 is 0 Å². The van der Waals surface area contributed by atoms with Gasteiger partial charge in [0, 0.05) is 33.7 Å². The maximum absolute atomic E-state index is 3.22. The van der Waals surface area contributed by atoms with E-state index in [0.29, 0.717) is 0 Å². The molecule has 1 aliphatic rings. The number of nitrogens with zero attached hydrogens (tertiary/aromatic N) is 2. The van der Waals surface area contributed by atoms with E-state index in [1.54, 1.807) is 0 Å². The molecule has 2 aromatic heterocycles. The summed E-state index contributed by atoms with van der Waals surface area (Å²) in [5, 5.41) is 5.11. The van der Waals surface area contributed by atoms with Gasteiger partial charge in [-0.05, 0) is 124 Å². The molecular formula is C57H44N2S2. The molecule has 0 aliphatic heterocycles. The van der Waals surface area contributed by atoms with Gasteiger partial charge in [-0.2, -0.15) is 0 Å². The summed E-state index contributed by atoms with van der Waals surface area (Å²) in [6, 6.07) is 75.2. The average molecular weight is 821 g/mol. The molecule has 61 heavy (non-hydrogen) atoms. The van der Waals surface area contributed by atoms with Crippen molar-refractivity contribution in [2.45, 2.75) is 20.3 Å². The Hall–Kier alpha value is -6.72. The van der Waals surface area contributed by atoms with Crippen molar-refractivity contribution >= 4 is 66.9 Å². The summed E-state index contributed by atoms with van der Waals surface area (Å²) < 4.78 is 4.93. The fraction of sp³-hybridized carbons (Fsp3) is 0.0526. The topological polar surface area (TPSA) is 9.86 Å². The van der Waals surface area contributed by atoms with E-state index in [1.165, 1.54) is 111 Å². The van der Waals surface area contributed by atoms with Gasteiger partial charge in [0.2, 0.25) is 0 Å². The van der Waals surface area contributed by atoms with Crippen LogP contribution in [0, 0.1) is 13.8 Å². The van der Waals surface area contributed by atoms with Crippen LogP contribution in [0.25, 0.3) is 88.4 Å². The minimum Gasteiger partial charge on any atom is -0.309 e. The minimum absolute atomic E-state index is 0.908. The molecule has 2 heterocycles. The number of fused-ring (bicyclic) bond motifs is 9. The molecule has 0 bridgehead atoms.